The maximum atomic E-state index is 5.63. The minimum Gasteiger partial charge on any atom is -0.368 e. The van der Waals surface area contributed by atoms with Crippen LogP contribution in [0.15, 0.2) is 6.20 Å². The number of nitrogens with two attached hydrogens (primary N) is 1. The Morgan fingerprint density at radius 1 is 1.60 bits per heavy atom. The molecule has 1 saturated heterocycles. The highest BCUT2D eigenvalue weighted by Gasteiger charge is 2.21. The van der Waals surface area contributed by atoms with Gasteiger partial charge in [0, 0.05) is 35.9 Å². The van der Waals surface area contributed by atoms with Crippen LogP contribution >= 0.6 is 11.8 Å². The summed E-state index contributed by atoms with van der Waals surface area (Å²) in [7, 11) is 0. The zero-order valence-electron chi connectivity index (χ0n) is 9.10. The van der Waals surface area contributed by atoms with E-state index in [1.165, 1.54) is 0 Å². The van der Waals surface area contributed by atoms with Gasteiger partial charge in [0.15, 0.2) is 0 Å². The molecule has 0 radical (unpaired) electrons. The van der Waals surface area contributed by atoms with E-state index in [9.17, 15) is 0 Å². The summed E-state index contributed by atoms with van der Waals surface area (Å²) >= 11 is 2.00. The molecule has 1 aromatic heterocycles. The molecule has 1 fully saturated rings. The van der Waals surface area contributed by atoms with Gasteiger partial charge in [-0.05, 0) is 13.8 Å². The van der Waals surface area contributed by atoms with Crippen LogP contribution < -0.4 is 10.6 Å². The fourth-order valence-electron chi connectivity index (χ4n) is 1.78. The van der Waals surface area contributed by atoms with Crippen molar-refractivity contribution in [2.45, 2.75) is 19.9 Å². The number of hydrogen-bond donors (Lipinski definition) is 1. The van der Waals surface area contributed by atoms with E-state index in [1.807, 2.05) is 18.7 Å². The number of thioether (sulfide) groups is 1. The Morgan fingerprint density at radius 2 is 2.40 bits per heavy atom. The van der Waals surface area contributed by atoms with Crippen LogP contribution in [0.1, 0.15) is 12.5 Å². The van der Waals surface area contributed by atoms with E-state index < -0.39 is 0 Å². The van der Waals surface area contributed by atoms with Gasteiger partial charge in [-0.3, -0.25) is 0 Å². The smallest absolute Gasteiger partial charge is 0.221 e. The molecule has 1 unspecified atom stereocenters. The summed E-state index contributed by atoms with van der Waals surface area (Å²) in [4.78, 5) is 10.6. The Balaban J connectivity index is 2.30. The highest BCUT2D eigenvalue weighted by molar-refractivity contribution is 7.99. The van der Waals surface area contributed by atoms with Gasteiger partial charge in [-0.25, -0.2) is 4.98 Å². The number of rotatable bonds is 1. The SMILES string of the molecule is Cc1cnc(N)nc1N1CCSCC1C. The third-order valence-corrected chi connectivity index (χ3v) is 3.79. The van der Waals surface area contributed by atoms with E-state index in [2.05, 4.69) is 21.8 Å². The first kappa shape index (κ1) is 10.5. The highest BCUT2D eigenvalue weighted by Crippen LogP contribution is 2.24. The van der Waals surface area contributed by atoms with Gasteiger partial charge in [-0.2, -0.15) is 16.7 Å². The number of aromatic nitrogens is 2. The van der Waals surface area contributed by atoms with Crippen molar-refractivity contribution in [3.8, 4) is 0 Å². The second-order valence-corrected chi connectivity index (χ2v) is 5.00. The minimum absolute atomic E-state index is 0.362. The van der Waals surface area contributed by atoms with Gasteiger partial charge >= 0.3 is 0 Å². The first-order valence-corrected chi connectivity index (χ1v) is 6.27. The van der Waals surface area contributed by atoms with Gasteiger partial charge in [0.2, 0.25) is 5.95 Å². The van der Waals surface area contributed by atoms with Gasteiger partial charge in [0.25, 0.3) is 0 Å². The zero-order chi connectivity index (χ0) is 10.8. The van der Waals surface area contributed by atoms with Crippen molar-refractivity contribution in [1.29, 1.82) is 0 Å². The lowest BCUT2D eigenvalue weighted by molar-refractivity contribution is 0.686. The molecule has 0 aromatic carbocycles. The Hall–Kier alpha value is -0.970. The number of nitrogens with zero attached hydrogens (tertiary/aromatic N) is 3. The van der Waals surface area contributed by atoms with Crippen molar-refractivity contribution in [1.82, 2.24) is 9.97 Å². The maximum Gasteiger partial charge on any atom is 0.221 e. The molecule has 0 saturated carbocycles. The molecule has 1 atom stereocenters. The van der Waals surface area contributed by atoms with Crippen molar-refractivity contribution in [2.24, 2.45) is 0 Å². The predicted molar refractivity (Wildman–Crippen MR) is 65.3 cm³/mol. The van der Waals surface area contributed by atoms with Gasteiger partial charge in [-0.1, -0.05) is 0 Å². The van der Waals surface area contributed by atoms with Crippen molar-refractivity contribution in [3.05, 3.63) is 11.8 Å². The number of hydrogen-bond acceptors (Lipinski definition) is 5. The summed E-state index contributed by atoms with van der Waals surface area (Å²) in [6, 6.07) is 0.525. The van der Waals surface area contributed by atoms with E-state index >= 15 is 0 Å². The quantitative estimate of drug-likeness (QED) is 0.779. The van der Waals surface area contributed by atoms with Gasteiger partial charge in [-0.15, -0.1) is 0 Å². The van der Waals surface area contributed by atoms with Crippen molar-refractivity contribution < 1.29 is 0 Å². The van der Waals surface area contributed by atoms with E-state index in [1.54, 1.807) is 6.20 Å². The summed E-state index contributed by atoms with van der Waals surface area (Å²) in [6.45, 7) is 5.30. The summed E-state index contributed by atoms with van der Waals surface area (Å²) in [5, 5.41) is 0. The summed E-state index contributed by atoms with van der Waals surface area (Å²) in [5.41, 5.74) is 6.73. The molecule has 2 N–H and O–H groups in total. The normalized spacial score (nSPS) is 21.7. The number of aryl methyl sites for hydroxylation is 1. The highest BCUT2D eigenvalue weighted by atomic mass is 32.2. The molecule has 0 spiro atoms. The first-order chi connectivity index (χ1) is 7.18. The minimum atomic E-state index is 0.362. The molecule has 5 heteroatoms. The zero-order valence-corrected chi connectivity index (χ0v) is 9.92. The fourth-order valence-corrected chi connectivity index (χ4v) is 2.79. The summed E-state index contributed by atoms with van der Waals surface area (Å²) in [6.07, 6.45) is 1.80. The lowest BCUT2D eigenvalue weighted by atomic mass is 10.2. The van der Waals surface area contributed by atoms with Crippen LogP contribution in [-0.4, -0.2) is 34.1 Å². The van der Waals surface area contributed by atoms with E-state index in [0.29, 0.717) is 12.0 Å². The van der Waals surface area contributed by atoms with Gasteiger partial charge < -0.3 is 10.6 Å². The third kappa shape index (κ3) is 2.17. The van der Waals surface area contributed by atoms with Crippen LogP contribution in [0.4, 0.5) is 11.8 Å². The largest absolute Gasteiger partial charge is 0.368 e. The van der Waals surface area contributed by atoms with Crippen LogP contribution in [0.3, 0.4) is 0 Å². The van der Waals surface area contributed by atoms with Gasteiger partial charge in [0.05, 0.1) is 0 Å². The molecule has 4 nitrogen and oxygen atoms in total. The number of nitrogen functional groups attached to an aromatic ring is 1. The van der Waals surface area contributed by atoms with E-state index in [-0.39, 0.29) is 0 Å². The molecular weight excluding hydrogens is 208 g/mol. The molecule has 0 aliphatic carbocycles. The van der Waals surface area contributed by atoms with Gasteiger partial charge in [0.1, 0.15) is 5.82 Å². The molecule has 0 bridgehead atoms. The van der Waals surface area contributed by atoms with Crippen LogP contribution in [0.5, 0.6) is 0 Å². The number of anilines is 2. The monoisotopic (exact) mass is 224 g/mol. The molecule has 1 aliphatic rings. The molecule has 2 heterocycles. The second kappa shape index (κ2) is 4.26. The van der Waals surface area contributed by atoms with E-state index in [0.717, 1.165) is 29.4 Å². The Bertz CT molecular complexity index is 355. The molecule has 82 valence electrons. The molecule has 0 amide bonds. The lowest BCUT2D eigenvalue weighted by Gasteiger charge is -2.34. The molecule has 15 heavy (non-hydrogen) atoms. The lowest BCUT2D eigenvalue weighted by Crippen LogP contribution is -2.41. The molecule has 1 aromatic rings. The molecule has 1 aliphatic heterocycles. The second-order valence-electron chi connectivity index (χ2n) is 3.85. The Morgan fingerprint density at radius 3 is 3.13 bits per heavy atom. The first-order valence-electron chi connectivity index (χ1n) is 5.12. The summed E-state index contributed by atoms with van der Waals surface area (Å²) in [5.74, 6) is 3.67. The van der Waals surface area contributed by atoms with Crippen LogP contribution in [0.2, 0.25) is 0 Å². The fraction of sp³-hybridized carbons (Fsp3) is 0.600. The standard InChI is InChI=1S/C10H16N4S/c1-7-5-12-10(11)13-9(7)14-3-4-15-6-8(14)2/h5,8H,3-4,6H2,1-2H3,(H2,11,12,13). The maximum absolute atomic E-state index is 5.63. The summed E-state index contributed by atoms with van der Waals surface area (Å²) < 4.78 is 0. The third-order valence-electron chi connectivity index (χ3n) is 2.60. The van der Waals surface area contributed by atoms with Crippen LogP contribution in [0, 0.1) is 6.92 Å². The topological polar surface area (TPSA) is 55.0 Å². The average Bonchev–Trinajstić information content (AvgIpc) is 2.23. The Labute approximate surface area is 94.3 Å². The average molecular weight is 224 g/mol. The van der Waals surface area contributed by atoms with Crippen LogP contribution in [0.25, 0.3) is 0 Å². The van der Waals surface area contributed by atoms with Crippen molar-refractivity contribution in [2.75, 3.05) is 28.7 Å². The van der Waals surface area contributed by atoms with Crippen molar-refractivity contribution in [3.63, 3.8) is 0 Å². The Kier molecular flexibility index (Phi) is 3.00. The van der Waals surface area contributed by atoms with E-state index in [4.69, 9.17) is 5.73 Å². The van der Waals surface area contributed by atoms with Crippen molar-refractivity contribution >= 4 is 23.5 Å². The molecular formula is C10H16N4S. The molecule has 2 rings (SSSR count). The van der Waals surface area contributed by atoms with Crippen LogP contribution in [-0.2, 0) is 0 Å². The predicted octanol–water partition coefficient (Wildman–Crippen LogP) is 1.31.